The minimum atomic E-state index is -0.473. The lowest BCUT2D eigenvalue weighted by atomic mass is 10.2. The van der Waals surface area contributed by atoms with Crippen molar-refractivity contribution in [2.45, 2.75) is 6.29 Å². The molecule has 18 heavy (non-hydrogen) atoms. The smallest absolute Gasteiger partial charge is 0.271 e. The lowest BCUT2D eigenvalue weighted by molar-refractivity contribution is 0.0458. The highest BCUT2D eigenvalue weighted by Crippen LogP contribution is 2.45. The third-order valence-corrected chi connectivity index (χ3v) is 3.00. The summed E-state index contributed by atoms with van der Waals surface area (Å²) < 4.78 is 22.3. The predicted octanol–water partition coefficient (Wildman–Crippen LogP) is 2.89. The van der Waals surface area contributed by atoms with Crippen LogP contribution in [0.3, 0.4) is 0 Å². The Labute approximate surface area is 104 Å². The Morgan fingerprint density at radius 2 is 1.50 bits per heavy atom. The molecule has 0 atom stereocenters. The molecule has 2 aromatic carbocycles. The molecule has 0 saturated carbocycles. The van der Waals surface area contributed by atoms with E-state index >= 15 is 0 Å². The van der Waals surface area contributed by atoms with Gasteiger partial charge in [0.15, 0.2) is 23.0 Å². The lowest BCUT2D eigenvalue weighted by Gasteiger charge is -2.12. The van der Waals surface area contributed by atoms with Crippen molar-refractivity contribution in [3.8, 4) is 23.0 Å². The first-order chi connectivity index (χ1) is 8.92. The van der Waals surface area contributed by atoms with Crippen molar-refractivity contribution >= 4 is 0 Å². The Hall–Kier alpha value is -2.36. The molecule has 0 aliphatic carbocycles. The molecule has 0 unspecified atom stereocenters. The molecule has 2 heterocycles. The van der Waals surface area contributed by atoms with Gasteiger partial charge in [-0.3, -0.25) is 0 Å². The number of rotatable bonds is 1. The summed E-state index contributed by atoms with van der Waals surface area (Å²) in [4.78, 5) is 0. The SMILES string of the molecule is c1ccc2c(c1)OC(c1cccc3c1OCO3)O2. The molecule has 2 aliphatic rings. The van der Waals surface area contributed by atoms with Crippen LogP contribution in [-0.2, 0) is 0 Å². The largest absolute Gasteiger partial charge is 0.454 e. The van der Waals surface area contributed by atoms with E-state index in [1.807, 2.05) is 42.5 Å². The molecule has 2 aliphatic heterocycles. The van der Waals surface area contributed by atoms with E-state index in [9.17, 15) is 0 Å². The molecular formula is C14H10O4. The van der Waals surface area contributed by atoms with E-state index in [4.69, 9.17) is 18.9 Å². The van der Waals surface area contributed by atoms with Gasteiger partial charge in [0.1, 0.15) is 0 Å². The fraction of sp³-hybridized carbons (Fsp3) is 0.143. The van der Waals surface area contributed by atoms with Crippen LogP contribution < -0.4 is 18.9 Å². The Balaban J connectivity index is 1.73. The van der Waals surface area contributed by atoms with Gasteiger partial charge in [-0.1, -0.05) is 18.2 Å². The highest BCUT2D eigenvalue weighted by atomic mass is 16.7. The zero-order valence-corrected chi connectivity index (χ0v) is 9.46. The maximum atomic E-state index is 5.76. The van der Waals surface area contributed by atoms with Gasteiger partial charge in [0, 0.05) is 0 Å². The lowest BCUT2D eigenvalue weighted by Crippen LogP contribution is -2.09. The second kappa shape index (κ2) is 3.57. The van der Waals surface area contributed by atoms with Crippen molar-refractivity contribution in [3.63, 3.8) is 0 Å². The maximum Gasteiger partial charge on any atom is 0.271 e. The van der Waals surface area contributed by atoms with Crippen molar-refractivity contribution in [2.75, 3.05) is 6.79 Å². The van der Waals surface area contributed by atoms with Crippen molar-refractivity contribution in [2.24, 2.45) is 0 Å². The van der Waals surface area contributed by atoms with Gasteiger partial charge in [0.05, 0.1) is 5.56 Å². The van der Waals surface area contributed by atoms with E-state index in [2.05, 4.69) is 0 Å². The maximum absolute atomic E-state index is 5.76. The number of fused-ring (bicyclic) bond motifs is 2. The van der Waals surface area contributed by atoms with Crippen LogP contribution in [0.15, 0.2) is 42.5 Å². The van der Waals surface area contributed by atoms with Gasteiger partial charge in [-0.15, -0.1) is 0 Å². The van der Waals surface area contributed by atoms with E-state index in [1.54, 1.807) is 0 Å². The summed E-state index contributed by atoms with van der Waals surface area (Å²) in [6.07, 6.45) is -0.473. The highest BCUT2D eigenvalue weighted by molar-refractivity contribution is 5.51. The quantitative estimate of drug-likeness (QED) is 0.770. The Morgan fingerprint density at radius 1 is 0.778 bits per heavy atom. The van der Waals surface area contributed by atoms with E-state index < -0.39 is 6.29 Å². The summed E-state index contributed by atoms with van der Waals surface area (Å²) in [6.45, 7) is 0.242. The average molecular weight is 242 g/mol. The number of para-hydroxylation sites is 3. The van der Waals surface area contributed by atoms with Crippen molar-refractivity contribution in [1.82, 2.24) is 0 Å². The highest BCUT2D eigenvalue weighted by Gasteiger charge is 2.31. The minimum Gasteiger partial charge on any atom is -0.454 e. The summed E-state index contributed by atoms with van der Waals surface area (Å²) in [5.41, 5.74) is 0.848. The Morgan fingerprint density at radius 3 is 2.28 bits per heavy atom. The van der Waals surface area contributed by atoms with Crippen LogP contribution in [0.2, 0.25) is 0 Å². The molecule has 0 amide bonds. The van der Waals surface area contributed by atoms with Gasteiger partial charge in [0.25, 0.3) is 6.29 Å². The van der Waals surface area contributed by atoms with Gasteiger partial charge in [-0.05, 0) is 24.3 Å². The molecule has 0 spiro atoms. The van der Waals surface area contributed by atoms with Crippen molar-refractivity contribution in [1.29, 1.82) is 0 Å². The summed E-state index contributed by atoms with van der Waals surface area (Å²) in [6, 6.07) is 13.3. The molecule has 0 aromatic heterocycles. The first-order valence-corrected chi connectivity index (χ1v) is 5.73. The second-order valence-electron chi connectivity index (χ2n) is 4.10. The predicted molar refractivity (Wildman–Crippen MR) is 63.0 cm³/mol. The Kier molecular flexibility index (Phi) is 1.91. The summed E-state index contributed by atoms with van der Waals surface area (Å²) in [5, 5.41) is 0. The third kappa shape index (κ3) is 1.32. The second-order valence-corrected chi connectivity index (χ2v) is 4.10. The van der Waals surface area contributed by atoms with E-state index in [-0.39, 0.29) is 6.79 Å². The molecule has 0 N–H and O–H groups in total. The van der Waals surface area contributed by atoms with E-state index in [1.165, 1.54) is 0 Å². The number of ether oxygens (including phenoxy) is 4. The molecular weight excluding hydrogens is 232 g/mol. The van der Waals surface area contributed by atoms with Crippen LogP contribution in [0.25, 0.3) is 0 Å². The van der Waals surface area contributed by atoms with Crippen molar-refractivity contribution < 1.29 is 18.9 Å². The van der Waals surface area contributed by atoms with E-state index in [0.29, 0.717) is 5.75 Å². The van der Waals surface area contributed by atoms with Crippen molar-refractivity contribution in [3.05, 3.63) is 48.0 Å². The van der Waals surface area contributed by atoms with Gasteiger partial charge in [0.2, 0.25) is 6.79 Å². The normalized spacial score (nSPS) is 16.0. The first-order valence-electron chi connectivity index (χ1n) is 5.73. The van der Waals surface area contributed by atoms with Gasteiger partial charge in [-0.25, -0.2) is 0 Å². The number of hydrogen-bond donors (Lipinski definition) is 0. The van der Waals surface area contributed by atoms with Crippen LogP contribution in [0.1, 0.15) is 11.9 Å². The first kappa shape index (κ1) is 9.65. The standard InChI is InChI=1S/C14H10O4/c1-2-6-11-10(5-1)17-14(18-11)9-4-3-7-12-13(9)16-8-15-12/h1-7,14H,8H2. The van der Waals surface area contributed by atoms with Crippen LogP contribution in [0, 0.1) is 0 Å². The number of benzene rings is 2. The van der Waals surface area contributed by atoms with Gasteiger partial charge >= 0.3 is 0 Å². The zero-order chi connectivity index (χ0) is 11.9. The molecule has 4 nitrogen and oxygen atoms in total. The molecule has 4 rings (SSSR count). The fourth-order valence-electron chi connectivity index (χ4n) is 2.16. The van der Waals surface area contributed by atoms with Crippen LogP contribution in [-0.4, -0.2) is 6.79 Å². The molecule has 0 bridgehead atoms. The summed E-state index contributed by atoms with van der Waals surface area (Å²) in [5.74, 6) is 2.93. The Bertz CT molecular complexity index is 583. The van der Waals surface area contributed by atoms with Gasteiger partial charge in [-0.2, -0.15) is 0 Å². The zero-order valence-electron chi connectivity index (χ0n) is 9.46. The summed E-state index contributed by atoms with van der Waals surface area (Å²) in [7, 11) is 0. The molecule has 4 heteroatoms. The van der Waals surface area contributed by atoms with E-state index in [0.717, 1.165) is 22.8 Å². The molecule has 0 saturated heterocycles. The van der Waals surface area contributed by atoms with Crippen LogP contribution >= 0.6 is 0 Å². The van der Waals surface area contributed by atoms with Crippen LogP contribution in [0.4, 0.5) is 0 Å². The third-order valence-electron chi connectivity index (χ3n) is 3.00. The fourth-order valence-corrected chi connectivity index (χ4v) is 2.16. The van der Waals surface area contributed by atoms with Crippen LogP contribution in [0.5, 0.6) is 23.0 Å². The molecule has 0 fully saturated rings. The molecule has 90 valence electrons. The number of hydrogen-bond acceptors (Lipinski definition) is 4. The average Bonchev–Trinajstić information content (AvgIpc) is 3.04. The van der Waals surface area contributed by atoms with Gasteiger partial charge < -0.3 is 18.9 Å². The minimum absolute atomic E-state index is 0.242. The monoisotopic (exact) mass is 242 g/mol. The molecule has 0 radical (unpaired) electrons. The molecule has 2 aromatic rings. The topological polar surface area (TPSA) is 36.9 Å². The summed E-state index contributed by atoms with van der Waals surface area (Å²) >= 11 is 0.